The van der Waals surface area contributed by atoms with Crippen LogP contribution in [0.2, 0.25) is 5.02 Å². The van der Waals surface area contributed by atoms with Gasteiger partial charge in [-0.1, -0.05) is 17.7 Å². The van der Waals surface area contributed by atoms with Crippen molar-refractivity contribution in [3.63, 3.8) is 0 Å². The van der Waals surface area contributed by atoms with Crippen molar-refractivity contribution in [2.45, 2.75) is 32.8 Å². The Labute approximate surface area is 147 Å². The van der Waals surface area contributed by atoms with E-state index in [2.05, 4.69) is 10.6 Å². The lowest BCUT2D eigenvalue weighted by molar-refractivity contribution is 0.0288. The van der Waals surface area contributed by atoms with E-state index in [4.69, 9.17) is 16.3 Å². The molecule has 0 aromatic heterocycles. The zero-order valence-corrected chi connectivity index (χ0v) is 15.0. The minimum atomic E-state index is -0.496. The molecule has 2 rings (SSSR count). The van der Waals surface area contributed by atoms with Crippen molar-refractivity contribution < 1.29 is 14.3 Å². The number of likely N-dealkylation sites (tertiary alicyclic amines) is 1. The maximum Gasteiger partial charge on any atom is 0.410 e. The Bertz CT molecular complexity index is 601. The summed E-state index contributed by atoms with van der Waals surface area (Å²) in [6.07, 6.45) is 0.546. The number of carbonyl (C=O) groups is 2. The second kappa shape index (κ2) is 7.75. The Kier molecular flexibility index (Phi) is 5.94. The molecule has 24 heavy (non-hydrogen) atoms. The molecule has 0 aliphatic carbocycles. The molecule has 1 unspecified atom stereocenters. The predicted octanol–water partition coefficient (Wildman–Crippen LogP) is 3.72. The third kappa shape index (κ3) is 5.92. The molecule has 0 bridgehead atoms. The Balaban J connectivity index is 1.73. The van der Waals surface area contributed by atoms with Gasteiger partial charge < -0.3 is 20.3 Å². The van der Waals surface area contributed by atoms with E-state index in [1.807, 2.05) is 20.8 Å². The van der Waals surface area contributed by atoms with E-state index in [0.29, 0.717) is 30.3 Å². The fourth-order valence-electron chi connectivity index (χ4n) is 2.47. The molecule has 6 nitrogen and oxygen atoms in total. The van der Waals surface area contributed by atoms with E-state index < -0.39 is 5.60 Å². The lowest BCUT2D eigenvalue weighted by Gasteiger charge is -2.24. The molecule has 2 N–H and O–H groups in total. The van der Waals surface area contributed by atoms with Crippen molar-refractivity contribution >= 4 is 29.4 Å². The molecule has 0 saturated carbocycles. The van der Waals surface area contributed by atoms with Crippen molar-refractivity contribution in [1.29, 1.82) is 0 Å². The van der Waals surface area contributed by atoms with Crippen LogP contribution in [0, 0.1) is 5.92 Å². The van der Waals surface area contributed by atoms with Crippen LogP contribution in [0.25, 0.3) is 0 Å². The number of nitrogens with zero attached hydrogens (tertiary/aromatic N) is 1. The number of amides is 3. The Morgan fingerprint density at radius 3 is 2.79 bits per heavy atom. The topological polar surface area (TPSA) is 70.7 Å². The highest BCUT2D eigenvalue weighted by Crippen LogP contribution is 2.19. The second-order valence-corrected chi connectivity index (χ2v) is 7.36. The molecule has 1 aromatic carbocycles. The Morgan fingerprint density at radius 2 is 2.12 bits per heavy atom. The summed E-state index contributed by atoms with van der Waals surface area (Å²) in [7, 11) is 0. The van der Waals surface area contributed by atoms with Crippen LogP contribution < -0.4 is 10.6 Å². The molecule has 1 aliphatic rings. The van der Waals surface area contributed by atoms with Gasteiger partial charge in [-0.15, -0.1) is 0 Å². The van der Waals surface area contributed by atoms with Gasteiger partial charge in [0.15, 0.2) is 0 Å². The normalized spacial score (nSPS) is 17.5. The summed E-state index contributed by atoms with van der Waals surface area (Å²) in [6, 6.07) is 6.68. The maximum absolute atomic E-state index is 12.0. The molecule has 1 saturated heterocycles. The van der Waals surface area contributed by atoms with Gasteiger partial charge in [0.2, 0.25) is 0 Å². The van der Waals surface area contributed by atoms with Crippen LogP contribution in [0.4, 0.5) is 15.3 Å². The molecule has 132 valence electrons. The van der Waals surface area contributed by atoms with Crippen molar-refractivity contribution in [3.05, 3.63) is 29.3 Å². The zero-order valence-electron chi connectivity index (χ0n) is 14.3. The van der Waals surface area contributed by atoms with Gasteiger partial charge in [0.1, 0.15) is 5.60 Å². The van der Waals surface area contributed by atoms with Gasteiger partial charge in [-0.25, -0.2) is 9.59 Å². The van der Waals surface area contributed by atoms with Crippen molar-refractivity contribution in [2.24, 2.45) is 5.92 Å². The molecule has 7 heteroatoms. The van der Waals surface area contributed by atoms with Gasteiger partial charge in [-0.2, -0.15) is 0 Å². The third-order valence-corrected chi connectivity index (χ3v) is 3.81. The average molecular weight is 354 g/mol. The average Bonchev–Trinajstić information content (AvgIpc) is 2.92. The summed E-state index contributed by atoms with van der Waals surface area (Å²) in [5.74, 6) is 0.225. The van der Waals surface area contributed by atoms with Gasteiger partial charge >= 0.3 is 12.1 Å². The number of hydrogen-bond acceptors (Lipinski definition) is 3. The van der Waals surface area contributed by atoms with Crippen molar-refractivity contribution in [2.75, 3.05) is 25.0 Å². The van der Waals surface area contributed by atoms with E-state index in [0.717, 1.165) is 6.42 Å². The number of anilines is 1. The summed E-state index contributed by atoms with van der Waals surface area (Å²) < 4.78 is 5.36. The van der Waals surface area contributed by atoms with Crippen molar-refractivity contribution in [3.8, 4) is 0 Å². The molecule has 1 atom stereocenters. The summed E-state index contributed by atoms with van der Waals surface area (Å²) in [4.78, 5) is 25.6. The van der Waals surface area contributed by atoms with Crippen LogP contribution in [0.3, 0.4) is 0 Å². The minimum Gasteiger partial charge on any atom is -0.444 e. The van der Waals surface area contributed by atoms with Crippen LogP contribution in [-0.2, 0) is 4.74 Å². The first-order valence-corrected chi connectivity index (χ1v) is 8.39. The van der Waals surface area contributed by atoms with E-state index >= 15 is 0 Å². The fourth-order valence-corrected chi connectivity index (χ4v) is 2.66. The molecular weight excluding hydrogens is 330 g/mol. The predicted molar refractivity (Wildman–Crippen MR) is 94.4 cm³/mol. The standard InChI is InChI=1S/C17H24ClN3O3/c1-17(2,3)24-16(23)21-8-7-12(11-21)10-19-15(22)20-14-6-4-5-13(18)9-14/h4-6,9,12H,7-8,10-11H2,1-3H3,(H2,19,20,22). The fraction of sp³-hybridized carbons (Fsp3) is 0.529. The number of ether oxygens (including phenoxy) is 1. The molecule has 0 radical (unpaired) electrons. The molecule has 3 amide bonds. The number of benzene rings is 1. The highest BCUT2D eigenvalue weighted by molar-refractivity contribution is 6.30. The number of nitrogens with one attached hydrogen (secondary N) is 2. The lowest BCUT2D eigenvalue weighted by atomic mass is 10.1. The van der Waals surface area contributed by atoms with Crippen molar-refractivity contribution in [1.82, 2.24) is 10.2 Å². The summed E-state index contributed by atoms with van der Waals surface area (Å²) >= 11 is 5.88. The monoisotopic (exact) mass is 353 g/mol. The quantitative estimate of drug-likeness (QED) is 0.870. The minimum absolute atomic E-state index is 0.225. The summed E-state index contributed by atoms with van der Waals surface area (Å²) in [5.41, 5.74) is 0.145. The van der Waals surface area contributed by atoms with Crippen LogP contribution in [0.5, 0.6) is 0 Å². The van der Waals surface area contributed by atoms with Crippen LogP contribution in [0.1, 0.15) is 27.2 Å². The number of urea groups is 1. The SMILES string of the molecule is CC(C)(C)OC(=O)N1CCC(CNC(=O)Nc2cccc(Cl)c2)C1. The second-order valence-electron chi connectivity index (χ2n) is 6.93. The smallest absolute Gasteiger partial charge is 0.410 e. The van der Waals surface area contributed by atoms with Gasteiger partial charge in [-0.3, -0.25) is 0 Å². The lowest BCUT2D eigenvalue weighted by Crippen LogP contribution is -2.37. The van der Waals surface area contributed by atoms with Crippen LogP contribution >= 0.6 is 11.6 Å². The van der Waals surface area contributed by atoms with E-state index in [-0.39, 0.29) is 18.0 Å². The number of hydrogen-bond donors (Lipinski definition) is 2. The number of halogens is 1. The first-order valence-electron chi connectivity index (χ1n) is 8.01. The van der Waals surface area contributed by atoms with Crippen LogP contribution in [-0.4, -0.2) is 42.3 Å². The van der Waals surface area contributed by atoms with Gasteiger partial charge in [0.25, 0.3) is 0 Å². The number of rotatable bonds is 3. The summed E-state index contributed by atoms with van der Waals surface area (Å²) in [6.45, 7) is 7.29. The molecular formula is C17H24ClN3O3. The molecule has 1 aliphatic heterocycles. The molecule has 0 spiro atoms. The Hall–Kier alpha value is -1.95. The maximum atomic E-state index is 12.0. The Morgan fingerprint density at radius 1 is 1.38 bits per heavy atom. The molecule has 1 aromatic rings. The van der Waals surface area contributed by atoms with E-state index in [1.54, 1.807) is 29.2 Å². The first-order chi connectivity index (χ1) is 11.2. The van der Waals surface area contributed by atoms with E-state index in [1.165, 1.54) is 0 Å². The number of carbonyl (C=O) groups excluding carboxylic acids is 2. The summed E-state index contributed by atoms with van der Waals surface area (Å²) in [5, 5.41) is 6.13. The molecule has 1 heterocycles. The highest BCUT2D eigenvalue weighted by Gasteiger charge is 2.29. The van der Waals surface area contributed by atoms with Crippen LogP contribution in [0.15, 0.2) is 24.3 Å². The third-order valence-electron chi connectivity index (χ3n) is 3.57. The highest BCUT2D eigenvalue weighted by atomic mass is 35.5. The first kappa shape index (κ1) is 18.4. The van der Waals surface area contributed by atoms with Gasteiger partial charge in [-0.05, 0) is 51.3 Å². The van der Waals surface area contributed by atoms with E-state index in [9.17, 15) is 9.59 Å². The van der Waals surface area contributed by atoms with Gasteiger partial charge in [0.05, 0.1) is 0 Å². The zero-order chi connectivity index (χ0) is 17.7. The molecule has 1 fully saturated rings. The van der Waals surface area contributed by atoms with Gasteiger partial charge in [0, 0.05) is 30.3 Å². The largest absolute Gasteiger partial charge is 0.444 e.